The number of rotatable bonds is 4. The summed E-state index contributed by atoms with van der Waals surface area (Å²) in [6, 6.07) is 1.93. The van der Waals surface area contributed by atoms with Crippen LogP contribution in [-0.4, -0.2) is 37.1 Å². The first-order chi connectivity index (χ1) is 12.2. The number of carbonyl (C=O) groups excluding carboxylic acids is 1. The summed E-state index contributed by atoms with van der Waals surface area (Å²) >= 11 is 3.36. The van der Waals surface area contributed by atoms with Crippen LogP contribution < -0.4 is 0 Å². The summed E-state index contributed by atoms with van der Waals surface area (Å²) in [5.41, 5.74) is 1.91. The predicted molar refractivity (Wildman–Crippen MR) is 94.2 cm³/mol. The molecule has 0 saturated carbocycles. The molecule has 1 fully saturated rings. The van der Waals surface area contributed by atoms with E-state index in [9.17, 15) is 4.79 Å². The number of amides is 1. The van der Waals surface area contributed by atoms with E-state index in [-0.39, 0.29) is 11.9 Å². The molecule has 1 aliphatic heterocycles. The Labute approximate surface area is 153 Å². The zero-order valence-electron chi connectivity index (χ0n) is 13.9. The highest BCUT2D eigenvalue weighted by Crippen LogP contribution is 2.33. The lowest BCUT2D eigenvalue weighted by Crippen LogP contribution is -2.30. The molecule has 3 aromatic rings. The fourth-order valence-corrected chi connectivity index (χ4v) is 3.62. The zero-order valence-corrected chi connectivity index (χ0v) is 15.4. The number of fused-ring (bicyclic) bond motifs is 1. The highest BCUT2D eigenvalue weighted by molar-refractivity contribution is 9.10. The second-order valence-corrected chi connectivity index (χ2v) is 7.14. The van der Waals surface area contributed by atoms with Gasteiger partial charge in [0.15, 0.2) is 5.65 Å². The average molecular weight is 404 g/mol. The molecule has 8 heteroatoms. The second-order valence-electron chi connectivity index (χ2n) is 6.22. The summed E-state index contributed by atoms with van der Waals surface area (Å²) in [7, 11) is 0. The Hall–Kier alpha value is -2.22. The second kappa shape index (κ2) is 6.59. The van der Waals surface area contributed by atoms with Crippen LogP contribution in [0.1, 0.15) is 54.0 Å². The molecule has 0 aliphatic carbocycles. The Morgan fingerprint density at radius 1 is 1.44 bits per heavy atom. The van der Waals surface area contributed by atoms with Gasteiger partial charge >= 0.3 is 0 Å². The zero-order chi connectivity index (χ0) is 17.4. The summed E-state index contributed by atoms with van der Waals surface area (Å²) in [6.07, 6.45) is 8.75. The summed E-state index contributed by atoms with van der Waals surface area (Å²) in [5, 5.41) is 8.43. The number of aryl methyl sites for hydroxylation is 1. The van der Waals surface area contributed by atoms with E-state index in [1.165, 1.54) is 0 Å². The number of carbonyl (C=O) groups is 1. The van der Waals surface area contributed by atoms with Gasteiger partial charge in [0.2, 0.25) is 0 Å². The maximum atomic E-state index is 13.1. The van der Waals surface area contributed by atoms with Gasteiger partial charge in [-0.05, 0) is 35.2 Å². The highest BCUT2D eigenvalue weighted by Gasteiger charge is 2.34. The number of likely N-dealkylation sites (tertiary alicyclic amines) is 1. The minimum atomic E-state index is -0.0626. The molecule has 4 heterocycles. The normalized spacial score (nSPS) is 17.5. The van der Waals surface area contributed by atoms with E-state index in [1.807, 2.05) is 11.0 Å². The molecule has 1 unspecified atom stereocenters. The molecule has 4 rings (SSSR count). The molecule has 0 bridgehead atoms. The van der Waals surface area contributed by atoms with Crippen molar-refractivity contribution < 1.29 is 9.32 Å². The molecule has 130 valence electrons. The number of halogens is 1. The molecule has 7 nitrogen and oxygen atoms in total. The topological polar surface area (TPSA) is 76.5 Å². The van der Waals surface area contributed by atoms with Gasteiger partial charge in [-0.25, -0.2) is 9.50 Å². The van der Waals surface area contributed by atoms with Gasteiger partial charge in [0, 0.05) is 31.4 Å². The van der Waals surface area contributed by atoms with E-state index in [1.54, 1.807) is 23.1 Å². The van der Waals surface area contributed by atoms with E-state index in [2.05, 4.69) is 38.1 Å². The van der Waals surface area contributed by atoms with Gasteiger partial charge in [0.25, 0.3) is 5.91 Å². The Bertz CT molecular complexity index is 919. The monoisotopic (exact) mass is 403 g/mol. The fourth-order valence-electron chi connectivity index (χ4n) is 3.32. The van der Waals surface area contributed by atoms with Gasteiger partial charge in [-0.15, -0.1) is 0 Å². The Kier molecular flexibility index (Phi) is 4.29. The number of aromatic nitrogens is 4. The molecule has 25 heavy (non-hydrogen) atoms. The van der Waals surface area contributed by atoms with E-state index in [0.29, 0.717) is 17.8 Å². The maximum absolute atomic E-state index is 13.1. The van der Waals surface area contributed by atoms with Crippen LogP contribution in [0.5, 0.6) is 0 Å². The minimum Gasteiger partial charge on any atom is -0.361 e. The smallest absolute Gasteiger partial charge is 0.259 e. The third kappa shape index (κ3) is 2.95. The van der Waals surface area contributed by atoms with Crippen LogP contribution in [-0.2, 0) is 6.42 Å². The van der Waals surface area contributed by atoms with E-state index in [0.717, 1.165) is 41.6 Å². The predicted octanol–water partition coefficient (Wildman–Crippen LogP) is 3.41. The molecule has 1 amide bonds. The standard InChI is InChI=1S/C17H18BrN5O2/c1-2-4-12-7-14(21-25-12)15-5-3-6-22(15)17(24)13-9-20-23-10-11(18)8-19-16(13)23/h7-10,15H,2-6H2,1H3. The molecular weight excluding hydrogens is 386 g/mol. The van der Waals surface area contributed by atoms with Crippen LogP contribution in [0.4, 0.5) is 0 Å². The van der Waals surface area contributed by atoms with Gasteiger partial charge in [0.05, 0.1) is 16.7 Å². The quantitative estimate of drug-likeness (QED) is 0.666. The van der Waals surface area contributed by atoms with Gasteiger partial charge in [-0.2, -0.15) is 5.10 Å². The van der Waals surface area contributed by atoms with Crippen molar-refractivity contribution in [3.8, 4) is 0 Å². The van der Waals surface area contributed by atoms with Gasteiger partial charge in [-0.3, -0.25) is 4.79 Å². The van der Waals surface area contributed by atoms with Crippen molar-refractivity contribution in [2.75, 3.05) is 6.54 Å². The van der Waals surface area contributed by atoms with Crippen molar-refractivity contribution in [2.45, 2.75) is 38.6 Å². The first kappa shape index (κ1) is 16.3. The molecule has 1 atom stereocenters. The van der Waals surface area contributed by atoms with Crippen molar-refractivity contribution in [3.05, 3.63) is 46.1 Å². The van der Waals surface area contributed by atoms with E-state index >= 15 is 0 Å². The number of hydrogen-bond donors (Lipinski definition) is 0. The molecule has 0 N–H and O–H groups in total. The third-order valence-corrected chi connectivity index (χ3v) is 4.89. The van der Waals surface area contributed by atoms with Crippen LogP contribution in [0.3, 0.4) is 0 Å². The lowest BCUT2D eigenvalue weighted by molar-refractivity contribution is 0.0732. The minimum absolute atomic E-state index is 0.0488. The third-order valence-electron chi connectivity index (χ3n) is 4.48. The van der Waals surface area contributed by atoms with Gasteiger partial charge in [0.1, 0.15) is 17.0 Å². The first-order valence-corrected chi connectivity index (χ1v) is 9.22. The SMILES string of the molecule is CCCc1cc(C2CCCN2C(=O)c2cnn3cc(Br)cnc23)no1. The molecule has 1 saturated heterocycles. The number of nitrogens with zero attached hydrogens (tertiary/aromatic N) is 5. The van der Waals surface area contributed by atoms with Crippen LogP contribution in [0, 0.1) is 0 Å². The molecule has 0 radical (unpaired) electrons. The van der Waals surface area contributed by atoms with E-state index < -0.39 is 0 Å². The van der Waals surface area contributed by atoms with Crippen molar-refractivity contribution in [1.82, 2.24) is 24.7 Å². The maximum Gasteiger partial charge on any atom is 0.259 e. The fraction of sp³-hybridized carbons (Fsp3) is 0.412. The molecule has 0 spiro atoms. The van der Waals surface area contributed by atoms with Crippen LogP contribution in [0.2, 0.25) is 0 Å². The van der Waals surface area contributed by atoms with Crippen molar-refractivity contribution in [2.24, 2.45) is 0 Å². The molecular formula is C17H18BrN5O2. The number of hydrogen-bond acceptors (Lipinski definition) is 5. The lowest BCUT2D eigenvalue weighted by Gasteiger charge is -2.22. The summed E-state index contributed by atoms with van der Waals surface area (Å²) in [5.74, 6) is 0.812. The van der Waals surface area contributed by atoms with Crippen molar-refractivity contribution in [1.29, 1.82) is 0 Å². The van der Waals surface area contributed by atoms with Crippen LogP contribution in [0.15, 0.2) is 33.7 Å². The van der Waals surface area contributed by atoms with Crippen LogP contribution >= 0.6 is 15.9 Å². The molecule has 1 aliphatic rings. The summed E-state index contributed by atoms with van der Waals surface area (Å²) in [4.78, 5) is 19.3. The van der Waals surface area contributed by atoms with Gasteiger partial charge in [-0.1, -0.05) is 12.1 Å². The average Bonchev–Trinajstić information content (AvgIpc) is 3.32. The highest BCUT2D eigenvalue weighted by atomic mass is 79.9. The molecule has 0 aromatic carbocycles. The first-order valence-electron chi connectivity index (χ1n) is 8.42. The van der Waals surface area contributed by atoms with E-state index in [4.69, 9.17) is 4.52 Å². The summed E-state index contributed by atoms with van der Waals surface area (Å²) < 4.78 is 7.82. The Morgan fingerprint density at radius 3 is 3.16 bits per heavy atom. The van der Waals surface area contributed by atoms with Crippen LogP contribution in [0.25, 0.3) is 5.65 Å². The molecule has 3 aromatic heterocycles. The lowest BCUT2D eigenvalue weighted by atomic mass is 10.1. The van der Waals surface area contributed by atoms with Crippen molar-refractivity contribution >= 4 is 27.5 Å². The largest absolute Gasteiger partial charge is 0.361 e. The Balaban J connectivity index is 1.63. The Morgan fingerprint density at radius 2 is 2.32 bits per heavy atom. The van der Waals surface area contributed by atoms with Gasteiger partial charge < -0.3 is 9.42 Å². The van der Waals surface area contributed by atoms with Crippen molar-refractivity contribution in [3.63, 3.8) is 0 Å². The summed E-state index contributed by atoms with van der Waals surface area (Å²) in [6.45, 7) is 2.80.